The molecule has 1 amide bonds. The van der Waals surface area contributed by atoms with E-state index in [9.17, 15) is 9.18 Å². The van der Waals surface area contributed by atoms with Gasteiger partial charge < -0.3 is 10.4 Å². The van der Waals surface area contributed by atoms with Crippen LogP contribution in [-0.2, 0) is 4.79 Å². The lowest BCUT2D eigenvalue weighted by molar-refractivity contribution is -0.117. The number of unbranched alkanes of at least 4 members (excludes halogenated alkanes) is 1. The van der Waals surface area contributed by atoms with Crippen molar-refractivity contribution in [3.63, 3.8) is 0 Å². The van der Waals surface area contributed by atoms with Crippen molar-refractivity contribution in [2.75, 3.05) is 11.9 Å². The van der Waals surface area contributed by atoms with Gasteiger partial charge in [0, 0.05) is 12.3 Å². The third kappa shape index (κ3) is 2.07. The number of carbonyl (C=O) groups excluding carboxylic acids is 1. The van der Waals surface area contributed by atoms with E-state index in [-0.39, 0.29) is 24.2 Å². The number of rotatable bonds is 4. The summed E-state index contributed by atoms with van der Waals surface area (Å²) in [5, 5.41) is 11.4. The molecule has 2 N–H and O–H groups in total. The summed E-state index contributed by atoms with van der Waals surface area (Å²) in [4.78, 5) is 11.6. The average Bonchev–Trinajstić information content (AvgIpc) is 2.56. The standard InChI is InChI=1S/C12H14FNO2/c13-8-4-5-11-10(7-8)9(12(16)14-11)3-1-2-6-15/h4-5,7,9,15H,1-3,6H2,(H,14,16)/t9-/m1/s1. The van der Waals surface area contributed by atoms with Gasteiger partial charge in [-0.15, -0.1) is 0 Å². The summed E-state index contributed by atoms with van der Waals surface area (Å²) in [5.41, 5.74) is 1.45. The van der Waals surface area contributed by atoms with Crippen molar-refractivity contribution < 1.29 is 14.3 Å². The molecule has 1 aliphatic rings. The smallest absolute Gasteiger partial charge is 0.232 e. The summed E-state index contributed by atoms with van der Waals surface area (Å²) in [7, 11) is 0. The molecule has 0 saturated carbocycles. The number of hydrogen-bond donors (Lipinski definition) is 2. The highest BCUT2D eigenvalue weighted by Gasteiger charge is 2.29. The second-order valence-corrected chi connectivity index (χ2v) is 3.99. The van der Waals surface area contributed by atoms with Gasteiger partial charge in [-0.2, -0.15) is 0 Å². The van der Waals surface area contributed by atoms with E-state index in [1.165, 1.54) is 12.1 Å². The fourth-order valence-corrected chi connectivity index (χ4v) is 2.04. The van der Waals surface area contributed by atoms with Gasteiger partial charge in [0.1, 0.15) is 5.82 Å². The minimum absolute atomic E-state index is 0.0708. The van der Waals surface area contributed by atoms with Crippen LogP contribution in [-0.4, -0.2) is 17.6 Å². The molecule has 1 aromatic carbocycles. The van der Waals surface area contributed by atoms with E-state index in [0.29, 0.717) is 18.5 Å². The maximum Gasteiger partial charge on any atom is 0.232 e. The van der Waals surface area contributed by atoms with Crippen molar-refractivity contribution in [2.24, 2.45) is 0 Å². The Bertz CT molecular complexity index is 406. The normalized spacial score (nSPS) is 18.4. The zero-order chi connectivity index (χ0) is 11.5. The van der Waals surface area contributed by atoms with Crippen LogP contribution >= 0.6 is 0 Å². The van der Waals surface area contributed by atoms with Gasteiger partial charge in [0.15, 0.2) is 0 Å². The summed E-state index contributed by atoms with van der Waals surface area (Å²) in [6, 6.07) is 4.35. The van der Waals surface area contributed by atoms with Crippen LogP contribution in [0.25, 0.3) is 0 Å². The molecule has 0 radical (unpaired) electrons. The van der Waals surface area contributed by atoms with Gasteiger partial charge in [0.05, 0.1) is 5.92 Å². The van der Waals surface area contributed by atoms with Crippen molar-refractivity contribution in [1.29, 1.82) is 0 Å². The maximum absolute atomic E-state index is 13.1. The molecule has 0 unspecified atom stereocenters. The van der Waals surface area contributed by atoms with Crippen LogP contribution in [0.1, 0.15) is 30.7 Å². The predicted octanol–water partition coefficient (Wildman–Crippen LogP) is 2.02. The van der Waals surface area contributed by atoms with Gasteiger partial charge in [-0.3, -0.25) is 4.79 Å². The second kappa shape index (κ2) is 4.61. The second-order valence-electron chi connectivity index (χ2n) is 3.99. The zero-order valence-electron chi connectivity index (χ0n) is 8.87. The van der Waals surface area contributed by atoms with E-state index < -0.39 is 0 Å². The van der Waals surface area contributed by atoms with Gasteiger partial charge in [0.25, 0.3) is 0 Å². The molecule has 0 aromatic heterocycles. The van der Waals surface area contributed by atoms with Gasteiger partial charge in [0.2, 0.25) is 5.91 Å². The Morgan fingerprint density at radius 1 is 1.38 bits per heavy atom. The third-order valence-corrected chi connectivity index (χ3v) is 2.86. The van der Waals surface area contributed by atoms with Gasteiger partial charge in [-0.25, -0.2) is 4.39 Å². The number of benzene rings is 1. The molecule has 3 nitrogen and oxygen atoms in total. The molecule has 0 aliphatic carbocycles. The van der Waals surface area contributed by atoms with Crippen molar-refractivity contribution in [3.05, 3.63) is 29.6 Å². The minimum Gasteiger partial charge on any atom is -0.396 e. The lowest BCUT2D eigenvalue weighted by atomic mass is 9.95. The molecular formula is C12H14FNO2. The fraction of sp³-hybridized carbons (Fsp3) is 0.417. The van der Waals surface area contributed by atoms with Crippen LogP contribution < -0.4 is 5.32 Å². The molecule has 1 aromatic rings. The van der Waals surface area contributed by atoms with Crippen LogP contribution in [0.5, 0.6) is 0 Å². The van der Waals surface area contributed by atoms with E-state index in [2.05, 4.69) is 5.32 Å². The predicted molar refractivity (Wildman–Crippen MR) is 58.7 cm³/mol. The van der Waals surface area contributed by atoms with Gasteiger partial charge in [-0.1, -0.05) is 6.42 Å². The first-order valence-electron chi connectivity index (χ1n) is 5.43. The highest BCUT2D eigenvalue weighted by atomic mass is 19.1. The first-order valence-corrected chi connectivity index (χ1v) is 5.43. The Morgan fingerprint density at radius 2 is 2.19 bits per heavy atom. The van der Waals surface area contributed by atoms with E-state index in [4.69, 9.17) is 5.11 Å². The summed E-state index contributed by atoms with van der Waals surface area (Å²) in [6.07, 6.45) is 2.10. The van der Waals surface area contributed by atoms with Crippen LogP contribution in [0.3, 0.4) is 0 Å². The Kier molecular flexibility index (Phi) is 3.19. The number of anilines is 1. The fourth-order valence-electron chi connectivity index (χ4n) is 2.04. The lowest BCUT2D eigenvalue weighted by Gasteiger charge is -2.07. The summed E-state index contributed by atoms with van der Waals surface area (Å²) in [6.45, 7) is 0.129. The van der Waals surface area contributed by atoms with E-state index in [1.54, 1.807) is 6.07 Å². The molecule has 0 saturated heterocycles. The molecule has 0 fully saturated rings. The molecule has 1 atom stereocenters. The van der Waals surface area contributed by atoms with Crippen LogP contribution in [0, 0.1) is 5.82 Å². The highest BCUT2D eigenvalue weighted by molar-refractivity contribution is 6.02. The third-order valence-electron chi connectivity index (χ3n) is 2.86. The summed E-state index contributed by atoms with van der Waals surface area (Å²) < 4.78 is 13.1. The van der Waals surface area contributed by atoms with Crippen molar-refractivity contribution in [3.8, 4) is 0 Å². The SMILES string of the molecule is O=C1Nc2ccc(F)cc2[C@H]1CCCCO. The van der Waals surface area contributed by atoms with Crippen LogP contribution in [0.15, 0.2) is 18.2 Å². The number of halogens is 1. The number of aliphatic hydroxyl groups is 1. The Hall–Kier alpha value is -1.42. The lowest BCUT2D eigenvalue weighted by Crippen LogP contribution is -2.12. The number of aliphatic hydroxyl groups excluding tert-OH is 1. The van der Waals surface area contributed by atoms with Crippen molar-refractivity contribution >= 4 is 11.6 Å². The molecular weight excluding hydrogens is 209 g/mol. The Morgan fingerprint density at radius 3 is 2.94 bits per heavy atom. The number of fused-ring (bicyclic) bond motifs is 1. The minimum atomic E-state index is -0.317. The van der Waals surface area contributed by atoms with E-state index in [1.807, 2.05) is 0 Å². The van der Waals surface area contributed by atoms with Crippen molar-refractivity contribution in [1.82, 2.24) is 0 Å². The monoisotopic (exact) mass is 223 g/mol. The van der Waals surface area contributed by atoms with Crippen LogP contribution in [0.4, 0.5) is 10.1 Å². The largest absolute Gasteiger partial charge is 0.396 e. The molecule has 1 heterocycles. The average molecular weight is 223 g/mol. The Balaban J connectivity index is 2.15. The maximum atomic E-state index is 13.1. The van der Waals surface area contributed by atoms with Gasteiger partial charge >= 0.3 is 0 Å². The van der Waals surface area contributed by atoms with Crippen LogP contribution in [0.2, 0.25) is 0 Å². The van der Waals surface area contributed by atoms with Crippen molar-refractivity contribution in [2.45, 2.75) is 25.2 Å². The van der Waals surface area contributed by atoms with Gasteiger partial charge in [-0.05, 0) is 36.6 Å². The first-order chi connectivity index (χ1) is 7.72. The quantitative estimate of drug-likeness (QED) is 0.767. The highest BCUT2D eigenvalue weighted by Crippen LogP contribution is 2.35. The number of carbonyl (C=O) groups is 1. The number of amides is 1. The molecule has 0 spiro atoms. The molecule has 16 heavy (non-hydrogen) atoms. The molecule has 1 aliphatic heterocycles. The molecule has 2 rings (SSSR count). The number of nitrogens with one attached hydrogen (secondary N) is 1. The first kappa shape index (κ1) is 11.1. The molecule has 0 bridgehead atoms. The Labute approximate surface area is 93.3 Å². The van der Waals surface area contributed by atoms with E-state index in [0.717, 1.165) is 12.0 Å². The topological polar surface area (TPSA) is 49.3 Å². The summed E-state index contributed by atoms with van der Waals surface area (Å²) >= 11 is 0. The number of hydrogen-bond acceptors (Lipinski definition) is 2. The molecule has 4 heteroatoms. The zero-order valence-corrected chi connectivity index (χ0v) is 8.87. The summed E-state index contributed by atoms with van der Waals surface area (Å²) in [5.74, 6) is -0.654. The van der Waals surface area contributed by atoms with E-state index >= 15 is 0 Å². The molecule has 86 valence electrons.